The van der Waals surface area contributed by atoms with E-state index in [2.05, 4.69) is 12.0 Å². The topological polar surface area (TPSA) is 43.8 Å². The monoisotopic (exact) mass is 267 g/mol. The van der Waals surface area contributed by atoms with Crippen molar-refractivity contribution in [3.05, 3.63) is 22.7 Å². The van der Waals surface area contributed by atoms with Crippen LogP contribution in [0.1, 0.15) is 25.8 Å². The van der Waals surface area contributed by atoms with Crippen LogP contribution >= 0.6 is 22.9 Å². The van der Waals surface area contributed by atoms with Crippen LogP contribution < -0.4 is 5.73 Å². The Kier molecular flexibility index (Phi) is 2.64. The van der Waals surface area contributed by atoms with Gasteiger partial charge in [-0.25, -0.2) is 0 Å². The molecule has 1 atom stereocenters. The zero-order valence-corrected chi connectivity index (χ0v) is 11.1. The molecule has 3 nitrogen and oxygen atoms in total. The number of nitrogens with two attached hydrogens (primary N) is 1. The number of aromatic nitrogens is 2. The molecule has 0 bridgehead atoms. The molecule has 1 aliphatic rings. The Hall–Kier alpha value is -1.00. The van der Waals surface area contributed by atoms with Gasteiger partial charge in [-0.05, 0) is 37.8 Å². The van der Waals surface area contributed by atoms with E-state index in [4.69, 9.17) is 17.3 Å². The second-order valence-electron chi connectivity index (χ2n) is 4.59. The van der Waals surface area contributed by atoms with Crippen LogP contribution in [0.3, 0.4) is 0 Å². The van der Waals surface area contributed by atoms with Gasteiger partial charge in [0.1, 0.15) is 5.69 Å². The van der Waals surface area contributed by atoms with Crippen molar-refractivity contribution in [2.24, 2.45) is 5.92 Å². The van der Waals surface area contributed by atoms with Gasteiger partial charge in [0.05, 0.1) is 20.9 Å². The molecule has 2 aromatic rings. The highest BCUT2D eigenvalue weighted by Gasteiger charge is 2.30. The van der Waals surface area contributed by atoms with Gasteiger partial charge in [-0.1, -0.05) is 11.6 Å². The zero-order chi connectivity index (χ0) is 12.0. The Morgan fingerprint density at radius 1 is 1.53 bits per heavy atom. The smallest absolute Gasteiger partial charge is 0.125 e. The lowest BCUT2D eigenvalue weighted by Crippen LogP contribution is -2.07. The summed E-state index contributed by atoms with van der Waals surface area (Å²) in [6, 6.07) is 4.30. The summed E-state index contributed by atoms with van der Waals surface area (Å²) in [6.45, 7) is 2.20. The van der Waals surface area contributed by atoms with E-state index in [1.807, 2.05) is 23.0 Å². The summed E-state index contributed by atoms with van der Waals surface area (Å²) < 4.78 is 2.76. The van der Waals surface area contributed by atoms with E-state index in [0.717, 1.165) is 26.5 Å². The van der Waals surface area contributed by atoms with Crippen molar-refractivity contribution in [1.29, 1.82) is 0 Å². The van der Waals surface area contributed by atoms with E-state index in [1.165, 1.54) is 24.2 Å². The highest BCUT2D eigenvalue weighted by molar-refractivity contribution is 7.19. The van der Waals surface area contributed by atoms with E-state index in [1.54, 1.807) is 0 Å². The molecule has 0 amide bonds. The predicted molar refractivity (Wildman–Crippen MR) is 72.4 cm³/mol. The van der Waals surface area contributed by atoms with Gasteiger partial charge in [0.25, 0.3) is 0 Å². The van der Waals surface area contributed by atoms with Gasteiger partial charge in [0.15, 0.2) is 0 Å². The maximum absolute atomic E-state index is 6.02. The van der Waals surface area contributed by atoms with Crippen LogP contribution in [0.15, 0.2) is 18.3 Å². The summed E-state index contributed by atoms with van der Waals surface area (Å²) in [4.78, 5) is 1.04. The fraction of sp³-hybridized carbons (Fsp3) is 0.417. The highest BCUT2D eigenvalue weighted by Crippen LogP contribution is 2.40. The Balaban J connectivity index is 1.95. The molecule has 0 radical (unpaired) electrons. The van der Waals surface area contributed by atoms with Crippen LogP contribution in [-0.4, -0.2) is 9.78 Å². The summed E-state index contributed by atoms with van der Waals surface area (Å²) in [5.41, 5.74) is 7.61. The molecule has 1 saturated carbocycles. The normalized spacial score (nSPS) is 17.3. The van der Waals surface area contributed by atoms with Gasteiger partial charge in [-0.2, -0.15) is 5.10 Å². The van der Waals surface area contributed by atoms with Crippen LogP contribution in [0.5, 0.6) is 0 Å². The Morgan fingerprint density at radius 2 is 2.29 bits per heavy atom. The largest absolute Gasteiger partial charge is 0.396 e. The number of rotatable bonds is 3. The first-order chi connectivity index (χ1) is 8.15. The maximum Gasteiger partial charge on any atom is 0.125 e. The van der Waals surface area contributed by atoms with Gasteiger partial charge < -0.3 is 5.73 Å². The molecular formula is C12H14ClN3S. The van der Waals surface area contributed by atoms with Crippen LogP contribution in [-0.2, 0) is 0 Å². The van der Waals surface area contributed by atoms with E-state index >= 15 is 0 Å². The SMILES string of the molecule is CC(C1CC1)n1cc(N)c(-c2ccc(Cl)s2)n1. The fourth-order valence-electron chi connectivity index (χ4n) is 2.04. The van der Waals surface area contributed by atoms with Gasteiger partial charge in [-0.15, -0.1) is 11.3 Å². The molecule has 0 spiro atoms. The Bertz CT molecular complexity index is 542. The molecule has 1 aliphatic carbocycles. The van der Waals surface area contributed by atoms with Crippen molar-refractivity contribution < 1.29 is 0 Å². The van der Waals surface area contributed by atoms with Crippen molar-refractivity contribution in [3.8, 4) is 10.6 Å². The van der Waals surface area contributed by atoms with Gasteiger partial charge in [0.2, 0.25) is 0 Å². The molecular weight excluding hydrogens is 254 g/mol. The fourth-order valence-corrected chi connectivity index (χ4v) is 3.09. The summed E-state index contributed by atoms with van der Waals surface area (Å²) in [5, 5.41) is 4.60. The average molecular weight is 268 g/mol. The maximum atomic E-state index is 6.02. The number of anilines is 1. The molecule has 1 fully saturated rings. The van der Waals surface area contributed by atoms with Crippen molar-refractivity contribution in [2.45, 2.75) is 25.8 Å². The number of hydrogen-bond donors (Lipinski definition) is 1. The predicted octanol–water partition coefficient (Wildman–Crippen LogP) is 3.82. The van der Waals surface area contributed by atoms with E-state index in [-0.39, 0.29) is 0 Å². The van der Waals surface area contributed by atoms with Crippen molar-refractivity contribution >= 4 is 28.6 Å². The minimum atomic E-state index is 0.446. The summed E-state index contributed by atoms with van der Waals surface area (Å²) >= 11 is 7.45. The average Bonchev–Trinajstić information content (AvgIpc) is 2.96. The first-order valence-corrected chi connectivity index (χ1v) is 6.95. The summed E-state index contributed by atoms with van der Waals surface area (Å²) in [5.74, 6) is 0.772. The number of nitrogens with zero attached hydrogens (tertiary/aromatic N) is 2. The van der Waals surface area contributed by atoms with E-state index in [0.29, 0.717) is 6.04 Å². The molecule has 2 heterocycles. The number of nitrogen functional groups attached to an aromatic ring is 1. The highest BCUT2D eigenvalue weighted by atomic mass is 35.5. The molecule has 90 valence electrons. The van der Waals surface area contributed by atoms with Crippen LogP contribution in [0.25, 0.3) is 10.6 Å². The molecule has 1 unspecified atom stereocenters. The third-order valence-corrected chi connectivity index (χ3v) is 4.53. The van der Waals surface area contributed by atoms with Crippen molar-refractivity contribution in [2.75, 3.05) is 5.73 Å². The lowest BCUT2D eigenvalue weighted by atomic mass is 10.2. The van der Waals surface area contributed by atoms with E-state index in [9.17, 15) is 0 Å². The molecule has 2 aromatic heterocycles. The van der Waals surface area contributed by atoms with Gasteiger partial charge in [-0.3, -0.25) is 4.68 Å². The number of thiophene rings is 1. The van der Waals surface area contributed by atoms with Crippen LogP contribution in [0, 0.1) is 5.92 Å². The number of hydrogen-bond acceptors (Lipinski definition) is 3. The first kappa shape index (κ1) is 11.1. The Morgan fingerprint density at radius 3 is 2.88 bits per heavy atom. The first-order valence-electron chi connectivity index (χ1n) is 5.75. The lowest BCUT2D eigenvalue weighted by Gasteiger charge is -2.09. The minimum absolute atomic E-state index is 0.446. The van der Waals surface area contributed by atoms with Crippen LogP contribution in [0.2, 0.25) is 4.34 Å². The molecule has 0 aromatic carbocycles. The lowest BCUT2D eigenvalue weighted by molar-refractivity contribution is 0.441. The molecule has 5 heteroatoms. The van der Waals surface area contributed by atoms with Crippen LogP contribution in [0.4, 0.5) is 5.69 Å². The standard InChI is InChI=1S/C12H14ClN3S/c1-7(8-2-3-8)16-6-9(14)12(15-16)10-4-5-11(13)17-10/h4-8H,2-3,14H2,1H3. The Labute approximate surface area is 109 Å². The minimum Gasteiger partial charge on any atom is -0.396 e. The number of halogens is 1. The van der Waals surface area contributed by atoms with Crippen molar-refractivity contribution in [3.63, 3.8) is 0 Å². The summed E-state index contributed by atoms with van der Waals surface area (Å²) in [6.07, 6.45) is 4.55. The van der Waals surface area contributed by atoms with Crippen molar-refractivity contribution in [1.82, 2.24) is 9.78 Å². The second-order valence-corrected chi connectivity index (χ2v) is 6.31. The molecule has 17 heavy (non-hydrogen) atoms. The molecule has 0 aliphatic heterocycles. The molecule has 0 saturated heterocycles. The quantitative estimate of drug-likeness (QED) is 0.919. The summed E-state index contributed by atoms with van der Waals surface area (Å²) in [7, 11) is 0. The second kappa shape index (κ2) is 4.03. The van der Waals surface area contributed by atoms with Gasteiger partial charge >= 0.3 is 0 Å². The third-order valence-electron chi connectivity index (χ3n) is 3.29. The molecule has 3 rings (SSSR count). The molecule has 2 N–H and O–H groups in total. The zero-order valence-electron chi connectivity index (χ0n) is 9.56. The van der Waals surface area contributed by atoms with E-state index < -0.39 is 0 Å². The third kappa shape index (κ3) is 2.07. The van der Waals surface area contributed by atoms with Gasteiger partial charge in [0, 0.05) is 6.20 Å².